The molecule has 1 fully saturated rings. The van der Waals surface area contributed by atoms with Crippen LogP contribution in [0.1, 0.15) is 32.9 Å². The summed E-state index contributed by atoms with van der Waals surface area (Å²) in [7, 11) is 0. The third-order valence-corrected chi connectivity index (χ3v) is 3.19. The zero-order valence-electron chi connectivity index (χ0n) is 12.8. The standard InChI is InChI=1S/C14H21ClN4O2/c1-9-7-11(18-12(15)16-9)17-10-5-6-19(8-10)13(20)21-14(2,3)4/h7,10H,5-6,8H2,1-4H3,(H,16,17,18)/t10-/m1/s1. The summed E-state index contributed by atoms with van der Waals surface area (Å²) < 4.78 is 5.37. The van der Waals surface area contributed by atoms with E-state index in [1.807, 2.05) is 33.8 Å². The number of amides is 1. The van der Waals surface area contributed by atoms with Crippen molar-refractivity contribution in [3.05, 3.63) is 17.0 Å². The highest BCUT2D eigenvalue weighted by Gasteiger charge is 2.29. The zero-order valence-corrected chi connectivity index (χ0v) is 13.6. The first-order chi connectivity index (χ1) is 9.73. The second kappa shape index (κ2) is 6.05. The molecule has 21 heavy (non-hydrogen) atoms. The maximum atomic E-state index is 12.0. The van der Waals surface area contributed by atoms with Crippen molar-refractivity contribution in [1.29, 1.82) is 0 Å². The molecule has 1 aliphatic heterocycles. The number of hydrogen-bond acceptors (Lipinski definition) is 5. The Morgan fingerprint density at radius 2 is 2.19 bits per heavy atom. The Hall–Kier alpha value is -1.56. The lowest BCUT2D eigenvalue weighted by atomic mass is 10.2. The molecule has 1 atom stereocenters. The summed E-state index contributed by atoms with van der Waals surface area (Å²) in [5.41, 5.74) is 0.333. The monoisotopic (exact) mass is 312 g/mol. The van der Waals surface area contributed by atoms with E-state index in [1.54, 1.807) is 4.90 Å². The van der Waals surface area contributed by atoms with Crippen LogP contribution in [0.5, 0.6) is 0 Å². The van der Waals surface area contributed by atoms with Crippen molar-refractivity contribution in [3.63, 3.8) is 0 Å². The Morgan fingerprint density at radius 1 is 1.48 bits per heavy atom. The van der Waals surface area contributed by atoms with Gasteiger partial charge in [-0.2, -0.15) is 0 Å². The Balaban J connectivity index is 1.92. The van der Waals surface area contributed by atoms with Crippen LogP contribution in [0.25, 0.3) is 0 Å². The highest BCUT2D eigenvalue weighted by atomic mass is 35.5. The van der Waals surface area contributed by atoms with Crippen LogP contribution in [-0.2, 0) is 4.74 Å². The van der Waals surface area contributed by atoms with Crippen molar-refractivity contribution in [2.24, 2.45) is 0 Å². The number of carbonyl (C=O) groups is 1. The highest BCUT2D eigenvalue weighted by molar-refractivity contribution is 6.28. The van der Waals surface area contributed by atoms with Gasteiger partial charge in [-0.15, -0.1) is 0 Å². The van der Waals surface area contributed by atoms with E-state index in [1.165, 1.54) is 0 Å². The van der Waals surface area contributed by atoms with E-state index in [2.05, 4.69) is 15.3 Å². The van der Waals surface area contributed by atoms with E-state index in [-0.39, 0.29) is 17.4 Å². The van der Waals surface area contributed by atoms with Crippen molar-refractivity contribution in [3.8, 4) is 0 Å². The first-order valence-corrected chi connectivity index (χ1v) is 7.36. The topological polar surface area (TPSA) is 67.4 Å². The minimum Gasteiger partial charge on any atom is -0.444 e. The summed E-state index contributed by atoms with van der Waals surface area (Å²) in [5, 5.41) is 3.51. The molecule has 0 saturated carbocycles. The van der Waals surface area contributed by atoms with E-state index in [4.69, 9.17) is 16.3 Å². The molecular weight excluding hydrogens is 292 g/mol. The summed E-state index contributed by atoms with van der Waals surface area (Å²) in [5.74, 6) is 0.684. The quantitative estimate of drug-likeness (QED) is 0.851. The molecule has 0 unspecified atom stereocenters. The van der Waals surface area contributed by atoms with E-state index < -0.39 is 5.60 Å². The smallest absolute Gasteiger partial charge is 0.410 e. The maximum absolute atomic E-state index is 12.0. The number of hydrogen-bond donors (Lipinski definition) is 1. The van der Waals surface area contributed by atoms with Gasteiger partial charge in [-0.25, -0.2) is 14.8 Å². The minimum atomic E-state index is -0.472. The molecule has 0 bridgehead atoms. The van der Waals surface area contributed by atoms with Crippen molar-refractivity contribution >= 4 is 23.5 Å². The van der Waals surface area contributed by atoms with E-state index >= 15 is 0 Å². The molecule has 7 heteroatoms. The number of carbonyl (C=O) groups excluding carboxylic acids is 1. The van der Waals surface area contributed by atoms with Crippen LogP contribution in [0.15, 0.2) is 6.07 Å². The zero-order chi connectivity index (χ0) is 15.6. The molecule has 1 aliphatic rings. The largest absolute Gasteiger partial charge is 0.444 e. The summed E-state index contributed by atoms with van der Waals surface area (Å²) in [6.07, 6.45) is 0.573. The third-order valence-electron chi connectivity index (χ3n) is 3.02. The van der Waals surface area contributed by atoms with Gasteiger partial charge in [-0.05, 0) is 45.7 Å². The fourth-order valence-corrected chi connectivity index (χ4v) is 2.41. The molecule has 1 saturated heterocycles. The van der Waals surface area contributed by atoms with Gasteiger partial charge in [-0.3, -0.25) is 0 Å². The molecule has 2 heterocycles. The predicted molar refractivity (Wildman–Crippen MR) is 81.6 cm³/mol. The summed E-state index contributed by atoms with van der Waals surface area (Å²) >= 11 is 5.84. The first-order valence-electron chi connectivity index (χ1n) is 6.98. The third kappa shape index (κ3) is 4.74. The van der Waals surface area contributed by atoms with Crippen molar-refractivity contribution in [2.45, 2.75) is 45.8 Å². The van der Waals surface area contributed by atoms with Gasteiger partial charge in [0.05, 0.1) is 0 Å². The summed E-state index contributed by atoms with van der Waals surface area (Å²) in [6.45, 7) is 8.72. The number of aromatic nitrogens is 2. The van der Waals surface area contributed by atoms with Crippen LogP contribution in [0.3, 0.4) is 0 Å². The average Bonchev–Trinajstić information content (AvgIpc) is 2.73. The SMILES string of the molecule is Cc1cc(N[C@@H]2CCN(C(=O)OC(C)(C)C)C2)nc(Cl)n1. The summed E-state index contributed by atoms with van der Waals surface area (Å²) in [6, 6.07) is 1.98. The van der Waals surface area contributed by atoms with Gasteiger partial charge >= 0.3 is 6.09 Å². The molecule has 1 aromatic heterocycles. The number of ether oxygens (including phenoxy) is 1. The Bertz CT molecular complexity index is 510. The van der Waals surface area contributed by atoms with Gasteiger partial charge in [-0.1, -0.05) is 0 Å². The van der Waals surface area contributed by atoms with Gasteiger partial charge in [0.1, 0.15) is 11.4 Å². The van der Waals surface area contributed by atoms with Gasteiger partial charge in [0, 0.05) is 30.9 Å². The number of anilines is 1. The second-order valence-electron chi connectivity index (χ2n) is 6.22. The van der Waals surface area contributed by atoms with Crippen molar-refractivity contribution in [2.75, 3.05) is 18.4 Å². The number of halogens is 1. The molecular formula is C14H21ClN4O2. The lowest BCUT2D eigenvalue weighted by Crippen LogP contribution is -2.36. The van der Waals surface area contributed by atoms with Crippen LogP contribution in [-0.4, -0.2) is 45.7 Å². The molecule has 1 amide bonds. The van der Waals surface area contributed by atoms with Crippen LogP contribution < -0.4 is 5.32 Å². The lowest BCUT2D eigenvalue weighted by Gasteiger charge is -2.24. The van der Waals surface area contributed by atoms with Crippen molar-refractivity contribution in [1.82, 2.24) is 14.9 Å². The summed E-state index contributed by atoms with van der Waals surface area (Å²) in [4.78, 5) is 21.9. The lowest BCUT2D eigenvalue weighted by molar-refractivity contribution is 0.0293. The average molecular weight is 313 g/mol. The number of nitrogens with zero attached hydrogens (tertiary/aromatic N) is 3. The molecule has 0 aromatic carbocycles. The van der Waals surface area contributed by atoms with Gasteiger partial charge in [0.15, 0.2) is 0 Å². The predicted octanol–water partition coefficient (Wildman–Crippen LogP) is 2.86. The molecule has 1 aromatic rings. The molecule has 0 radical (unpaired) electrons. The van der Waals surface area contributed by atoms with Gasteiger partial charge in [0.25, 0.3) is 0 Å². The molecule has 116 valence electrons. The first kappa shape index (κ1) is 15.8. The van der Waals surface area contributed by atoms with Gasteiger partial charge < -0.3 is 15.0 Å². The highest BCUT2D eigenvalue weighted by Crippen LogP contribution is 2.19. The molecule has 1 N–H and O–H groups in total. The van der Waals surface area contributed by atoms with Gasteiger partial charge in [0.2, 0.25) is 5.28 Å². The van der Waals surface area contributed by atoms with E-state index in [0.29, 0.717) is 18.9 Å². The van der Waals surface area contributed by atoms with Crippen LogP contribution in [0.4, 0.5) is 10.6 Å². The minimum absolute atomic E-state index is 0.142. The number of nitrogens with one attached hydrogen (secondary N) is 1. The molecule has 0 aliphatic carbocycles. The number of aryl methyl sites for hydroxylation is 1. The van der Waals surface area contributed by atoms with E-state index in [0.717, 1.165) is 12.1 Å². The molecule has 0 spiro atoms. The number of likely N-dealkylation sites (tertiary alicyclic amines) is 1. The Morgan fingerprint density at radius 3 is 2.81 bits per heavy atom. The normalized spacial score (nSPS) is 18.7. The second-order valence-corrected chi connectivity index (χ2v) is 6.56. The van der Waals surface area contributed by atoms with Crippen LogP contribution in [0.2, 0.25) is 5.28 Å². The maximum Gasteiger partial charge on any atom is 0.410 e. The molecule has 2 rings (SSSR count). The molecule has 6 nitrogen and oxygen atoms in total. The van der Waals surface area contributed by atoms with Crippen LogP contribution in [0, 0.1) is 6.92 Å². The fourth-order valence-electron chi connectivity index (χ4n) is 2.19. The van der Waals surface area contributed by atoms with Crippen molar-refractivity contribution < 1.29 is 9.53 Å². The Labute approximate surface area is 129 Å². The van der Waals surface area contributed by atoms with E-state index in [9.17, 15) is 4.79 Å². The van der Waals surface area contributed by atoms with Crippen LogP contribution >= 0.6 is 11.6 Å². The number of rotatable bonds is 2. The fraction of sp³-hybridized carbons (Fsp3) is 0.643. The Kier molecular flexibility index (Phi) is 4.56.